The topological polar surface area (TPSA) is 49.4 Å². The minimum absolute atomic E-state index is 0.146. The van der Waals surface area contributed by atoms with Crippen LogP contribution in [0.15, 0.2) is 78.5 Å². The van der Waals surface area contributed by atoms with Gasteiger partial charge in [-0.3, -0.25) is 14.5 Å². The maximum absolute atomic E-state index is 14.2. The molecule has 0 spiro atoms. The normalized spacial score (nSPS) is 13.9. The van der Waals surface area contributed by atoms with Crippen LogP contribution >= 0.6 is 11.6 Å². The number of nitrogens with one attached hydrogen (secondary N) is 1. The molecule has 150 valence electrons. The number of hydrogen-bond donors (Lipinski definition) is 1. The first-order valence-corrected chi connectivity index (χ1v) is 9.76. The third-order valence-electron chi connectivity index (χ3n) is 5.04. The van der Waals surface area contributed by atoms with Crippen molar-refractivity contribution in [2.24, 2.45) is 0 Å². The molecule has 0 saturated heterocycles. The van der Waals surface area contributed by atoms with Crippen molar-refractivity contribution in [3.63, 3.8) is 0 Å². The van der Waals surface area contributed by atoms with Crippen LogP contribution in [0.1, 0.15) is 16.7 Å². The molecule has 0 saturated carbocycles. The average molecular weight is 421 g/mol. The van der Waals surface area contributed by atoms with E-state index in [4.69, 9.17) is 11.6 Å². The highest BCUT2D eigenvalue weighted by atomic mass is 35.5. The van der Waals surface area contributed by atoms with E-state index in [1.54, 1.807) is 60.7 Å². The molecule has 4 rings (SSSR count). The lowest BCUT2D eigenvalue weighted by molar-refractivity contribution is -0.137. The highest BCUT2D eigenvalue weighted by Gasteiger charge is 2.39. The van der Waals surface area contributed by atoms with Crippen molar-refractivity contribution in [3.8, 4) is 0 Å². The first-order chi connectivity index (χ1) is 14.5. The van der Waals surface area contributed by atoms with Crippen molar-refractivity contribution < 1.29 is 14.0 Å². The lowest BCUT2D eigenvalue weighted by atomic mass is 10.0. The summed E-state index contributed by atoms with van der Waals surface area (Å²) in [4.78, 5) is 27.5. The van der Waals surface area contributed by atoms with E-state index in [1.165, 1.54) is 6.07 Å². The van der Waals surface area contributed by atoms with Crippen LogP contribution in [0.25, 0.3) is 5.57 Å². The first-order valence-electron chi connectivity index (χ1n) is 9.39. The van der Waals surface area contributed by atoms with Gasteiger partial charge in [-0.1, -0.05) is 66.2 Å². The molecule has 4 nitrogen and oxygen atoms in total. The molecule has 6 heteroatoms. The molecule has 0 aromatic heterocycles. The molecule has 1 heterocycles. The van der Waals surface area contributed by atoms with Crippen molar-refractivity contribution in [2.45, 2.75) is 13.5 Å². The minimum atomic E-state index is -0.513. The fourth-order valence-electron chi connectivity index (χ4n) is 3.38. The van der Waals surface area contributed by atoms with E-state index in [-0.39, 0.29) is 23.4 Å². The second-order valence-corrected chi connectivity index (χ2v) is 7.35. The van der Waals surface area contributed by atoms with Gasteiger partial charge in [-0.25, -0.2) is 4.39 Å². The van der Waals surface area contributed by atoms with Gasteiger partial charge in [-0.2, -0.15) is 0 Å². The number of nitrogens with zero attached hydrogens (tertiary/aromatic N) is 1. The van der Waals surface area contributed by atoms with Gasteiger partial charge in [0.2, 0.25) is 0 Å². The van der Waals surface area contributed by atoms with E-state index in [0.717, 1.165) is 10.5 Å². The Morgan fingerprint density at radius 2 is 1.60 bits per heavy atom. The number of halogens is 2. The number of rotatable bonds is 5. The van der Waals surface area contributed by atoms with Crippen LogP contribution in [0.4, 0.5) is 10.1 Å². The van der Waals surface area contributed by atoms with E-state index in [1.807, 2.05) is 13.0 Å². The molecule has 0 unspecified atom stereocenters. The standard InChI is InChI=1S/C24H18ClFN2O2/c1-15-18(25)11-7-13-20(15)27-22-21(16-8-3-2-4-9-16)23(29)28(24(22)30)14-17-10-5-6-12-19(17)26/h2-13,27H,14H2,1H3. The van der Waals surface area contributed by atoms with E-state index in [2.05, 4.69) is 5.32 Å². The molecule has 0 fully saturated rings. The van der Waals surface area contributed by atoms with Crippen molar-refractivity contribution >= 4 is 34.7 Å². The monoisotopic (exact) mass is 420 g/mol. The summed E-state index contributed by atoms with van der Waals surface area (Å²) in [5.41, 5.74) is 2.65. The predicted molar refractivity (Wildman–Crippen MR) is 115 cm³/mol. The number of imide groups is 1. The van der Waals surface area contributed by atoms with Gasteiger partial charge in [0, 0.05) is 16.3 Å². The van der Waals surface area contributed by atoms with Crippen molar-refractivity contribution in [1.82, 2.24) is 4.90 Å². The second kappa shape index (κ2) is 8.13. The average Bonchev–Trinajstić information content (AvgIpc) is 2.98. The summed E-state index contributed by atoms with van der Waals surface area (Å²) in [5, 5.41) is 3.64. The molecular weight excluding hydrogens is 403 g/mol. The van der Waals surface area contributed by atoms with E-state index in [0.29, 0.717) is 16.3 Å². The summed E-state index contributed by atoms with van der Waals surface area (Å²) in [6.07, 6.45) is 0. The zero-order chi connectivity index (χ0) is 21.3. The van der Waals surface area contributed by atoms with Crippen LogP contribution in [-0.4, -0.2) is 16.7 Å². The largest absolute Gasteiger partial charge is 0.350 e. The van der Waals surface area contributed by atoms with Crippen LogP contribution in [0, 0.1) is 12.7 Å². The number of anilines is 1. The molecule has 0 radical (unpaired) electrons. The number of hydrogen-bond acceptors (Lipinski definition) is 3. The van der Waals surface area contributed by atoms with Crippen LogP contribution in [0.2, 0.25) is 5.02 Å². The third-order valence-corrected chi connectivity index (χ3v) is 5.45. The molecule has 1 aliphatic heterocycles. The van der Waals surface area contributed by atoms with Gasteiger partial charge in [-0.05, 0) is 36.2 Å². The Balaban J connectivity index is 1.77. The Bertz CT molecular complexity index is 1170. The van der Waals surface area contributed by atoms with Gasteiger partial charge in [0.05, 0.1) is 12.1 Å². The summed E-state index contributed by atoms with van der Waals surface area (Å²) in [6.45, 7) is 1.67. The van der Waals surface area contributed by atoms with Gasteiger partial charge in [0.15, 0.2) is 0 Å². The Morgan fingerprint density at radius 1 is 0.900 bits per heavy atom. The number of carbonyl (C=O) groups is 2. The van der Waals surface area contributed by atoms with Gasteiger partial charge in [0.25, 0.3) is 11.8 Å². The van der Waals surface area contributed by atoms with Crippen LogP contribution < -0.4 is 5.32 Å². The van der Waals surface area contributed by atoms with E-state index >= 15 is 0 Å². The molecule has 0 aliphatic carbocycles. The maximum Gasteiger partial charge on any atom is 0.278 e. The fraction of sp³-hybridized carbons (Fsp3) is 0.0833. The zero-order valence-electron chi connectivity index (χ0n) is 16.2. The van der Waals surface area contributed by atoms with Gasteiger partial charge >= 0.3 is 0 Å². The number of carbonyl (C=O) groups excluding carboxylic acids is 2. The lowest BCUT2D eigenvalue weighted by Gasteiger charge is -2.16. The molecule has 3 aromatic carbocycles. The number of benzene rings is 3. The van der Waals surface area contributed by atoms with Crippen LogP contribution in [-0.2, 0) is 16.1 Å². The zero-order valence-corrected chi connectivity index (χ0v) is 16.9. The van der Waals surface area contributed by atoms with E-state index in [9.17, 15) is 14.0 Å². The highest BCUT2D eigenvalue weighted by Crippen LogP contribution is 2.33. The van der Waals surface area contributed by atoms with Gasteiger partial charge < -0.3 is 5.32 Å². The molecule has 0 bridgehead atoms. The van der Waals surface area contributed by atoms with Crippen molar-refractivity contribution in [2.75, 3.05) is 5.32 Å². The second-order valence-electron chi connectivity index (χ2n) is 6.94. The molecule has 3 aromatic rings. The third kappa shape index (κ3) is 3.60. The molecule has 1 aliphatic rings. The fourth-order valence-corrected chi connectivity index (χ4v) is 3.56. The summed E-state index contributed by atoms with van der Waals surface area (Å²) in [7, 11) is 0. The predicted octanol–water partition coefficient (Wildman–Crippen LogP) is 5.18. The quantitative estimate of drug-likeness (QED) is 0.578. The Labute approximate surface area is 178 Å². The van der Waals surface area contributed by atoms with Gasteiger partial charge in [0.1, 0.15) is 11.5 Å². The Kier molecular flexibility index (Phi) is 5.38. The van der Waals surface area contributed by atoms with Crippen molar-refractivity contribution in [1.29, 1.82) is 0 Å². The molecule has 30 heavy (non-hydrogen) atoms. The van der Waals surface area contributed by atoms with Crippen LogP contribution in [0.5, 0.6) is 0 Å². The molecule has 2 amide bonds. The highest BCUT2D eigenvalue weighted by molar-refractivity contribution is 6.36. The molecule has 0 atom stereocenters. The maximum atomic E-state index is 14.2. The molecule has 1 N–H and O–H groups in total. The summed E-state index contributed by atoms with van der Waals surface area (Å²) in [6, 6.07) is 20.3. The Morgan fingerprint density at radius 3 is 2.33 bits per heavy atom. The van der Waals surface area contributed by atoms with Gasteiger partial charge in [-0.15, -0.1) is 0 Å². The SMILES string of the molecule is Cc1c(Cl)cccc1NC1=C(c2ccccc2)C(=O)N(Cc2ccccc2F)C1=O. The summed E-state index contributed by atoms with van der Waals surface area (Å²) < 4.78 is 14.2. The summed E-state index contributed by atoms with van der Waals surface area (Å²) in [5.74, 6) is -1.45. The summed E-state index contributed by atoms with van der Waals surface area (Å²) >= 11 is 6.21. The Hall–Kier alpha value is -3.44. The molecular formula is C24H18ClFN2O2. The van der Waals surface area contributed by atoms with Crippen LogP contribution in [0.3, 0.4) is 0 Å². The number of amides is 2. The van der Waals surface area contributed by atoms with E-state index < -0.39 is 17.6 Å². The first kappa shape index (κ1) is 19.9. The smallest absolute Gasteiger partial charge is 0.278 e. The van der Waals surface area contributed by atoms with Crippen molar-refractivity contribution in [3.05, 3.63) is 106 Å². The lowest BCUT2D eigenvalue weighted by Crippen LogP contribution is -2.32. The minimum Gasteiger partial charge on any atom is -0.350 e.